The Labute approximate surface area is 265 Å². The summed E-state index contributed by atoms with van der Waals surface area (Å²) in [6.45, 7) is 17.5. The first-order chi connectivity index (χ1) is 20.3. The topological polar surface area (TPSA) is 140 Å². The lowest BCUT2D eigenvalue weighted by Crippen LogP contribution is -2.68. The fourth-order valence-electron chi connectivity index (χ4n) is 12.0. The Morgan fingerprint density at radius 1 is 0.909 bits per heavy atom. The first-order valence-corrected chi connectivity index (χ1v) is 17.3. The minimum absolute atomic E-state index is 0.0316. The molecule has 1 aliphatic heterocycles. The summed E-state index contributed by atoms with van der Waals surface area (Å²) in [5.74, 6) is 0.836. The lowest BCUT2D eigenvalue weighted by molar-refractivity contribution is -0.333. The highest BCUT2D eigenvalue weighted by atomic mass is 16.7. The summed E-state index contributed by atoms with van der Waals surface area (Å²) in [7, 11) is 0. The normalized spacial score (nSPS) is 51.5. The second-order valence-corrected chi connectivity index (χ2v) is 17.3. The first kappa shape index (κ1) is 34.7. The van der Waals surface area contributed by atoms with Crippen molar-refractivity contribution in [1.29, 1.82) is 0 Å². The van der Waals surface area contributed by atoms with Crippen LogP contribution in [0.5, 0.6) is 0 Å². The van der Waals surface area contributed by atoms with Crippen LogP contribution >= 0.6 is 0 Å². The van der Waals surface area contributed by atoms with E-state index in [1.54, 1.807) is 0 Å². The van der Waals surface area contributed by atoms with Crippen LogP contribution in [0.15, 0.2) is 11.6 Å². The van der Waals surface area contributed by atoms with Crippen molar-refractivity contribution in [3.05, 3.63) is 11.6 Å². The number of fused-ring (bicyclic) bond motifs is 5. The molecule has 44 heavy (non-hydrogen) atoms. The molecule has 1 saturated heterocycles. The van der Waals surface area contributed by atoms with E-state index in [2.05, 4.69) is 54.5 Å². The molecule has 1 heterocycles. The zero-order valence-corrected chi connectivity index (χ0v) is 28.5. The zero-order valence-electron chi connectivity index (χ0n) is 28.5. The van der Waals surface area contributed by atoms with Crippen LogP contribution in [0.25, 0.3) is 0 Å². The van der Waals surface area contributed by atoms with Crippen molar-refractivity contribution in [2.75, 3.05) is 6.61 Å². The van der Waals surface area contributed by atoms with Crippen molar-refractivity contribution < 1.29 is 40.1 Å². The van der Waals surface area contributed by atoms with Gasteiger partial charge in [0.15, 0.2) is 6.29 Å². The zero-order chi connectivity index (χ0) is 32.6. The fourth-order valence-corrected chi connectivity index (χ4v) is 12.0. The van der Waals surface area contributed by atoms with Crippen LogP contribution in [0.4, 0.5) is 0 Å². The van der Waals surface area contributed by atoms with Crippen molar-refractivity contribution >= 4 is 0 Å². The van der Waals surface area contributed by atoms with E-state index >= 15 is 0 Å². The van der Waals surface area contributed by atoms with Gasteiger partial charge in [-0.25, -0.2) is 0 Å². The van der Waals surface area contributed by atoms with E-state index < -0.39 is 49.0 Å². The predicted octanol–water partition coefficient (Wildman–Crippen LogP) is 4.32. The largest absolute Gasteiger partial charge is 0.394 e. The van der Waals surface area contributed by atoms with E-state index in [1.165, 1.54) is 5.57 Å². The standard InChI is InChI=1S/C36H62O8/c1-20(2)10-9-14-36(8,42)21-11-16-34(6)22(21)18-23(38)30-33(5)15-13-26(32(3,4)25(33)12-17-35(30,34)7)44-31-29(41)28(40)27(39)24(19-37)43-31/h10,21-31,37-42H,9,11-19H2,1-8H3/t21-,22?,23?,24+,25?,26-,27+,28-,29+,30?,31-,33-,34+,35+,36?/m0/s1. The van der Waals surface area contributed by atoms with E-state index in [1.807, 2.05) is 6.92 Å². The molecule has 8 heteroatoms. The molecule has 0 aromatic carbocycles. The highest BCUT2D eigenvalue weighted by molar-refractivity contribution is 5.20. The van der Waals surface area contributed by atoms with Crippen LogP contribution in [0.1, 0.15) is 113 Å². The molecule has 4 saturated carbocycles. The number of aliphatic hydroxyl groups excluding tert-OH is 5. The molecule has 15 atom stereocenters. The minimum Gasteiger partial charge on any atom is -0.394 e. The summed E-state index contributed by atoms with van der Waals surface area (Å²) in [4.78, 5) is 0. The Bertz CT molecular complexity index is 1070. The van der Waals surface area contributed by atoms with Gasteiger partial charge in [0.1, 0.15) is 24.4 Å². The number of hydrogen-bond donors (Lipinski definition) is 6. The molecule has 0 bridgehead atoms. The van der Waals surface area contributed by atoms with Crippen LogP contribution in [-0.4, -0.2) is 85.8 Å². The number of ether oxygens (including phenoxy) is 2. The molecule has 0 amide bonds. The van der Waals surface area contributed by atoms with E-state index in [0.717, 1.165) is 57.8 Å². The second kappa shape index (κ2) is 11.8. The maximum absolute atomic E-state index is 12.2. The first-order valence-electron chi connectivity index (χ1n) is 17.3. The Kier molecular flexibility index (Phi) is 9.35. The number of allylic oxidation sites excluding steroid dienone is 2. The summed E-state index contributed by atoms with van der Waals surface area (Å²) in [6.07, 6.45) is 3.09. The maximum atomic E-state index is 12.2. The molecule has 5 unspecified atom stereocenters. The SMILES string of the molecule is CC(C)=CCCC(C)(O)[C@H]1CC[C@]2(C)C1CC(O)C1[C@@]3(C)CC[C@H](O[C@@H]4O[C@H](CO)[C@@H](O)[C@H](O)[C@H]4O)C(C)(C)C3CC[C@]12C. The van der Waals surface area contributed by atoms with Gasteiger partial charge in [0.05, 0.1) is 24.4 Å². The third kappa shape index (κ3) is 5.26. The van der Waals surface area contributed by atoms with E-state index in [-0.39, 0.29) is 51.4 Å². The lowest BCUT2D eigenvalue weighted by atomic mass is 9.35. The molecule has 0 aromatic heterocycles. The van der Waals surface area contributed by atoms with Gasteiger partial charge in [0.2, 0.25) is 0 Å². The van der Waals surface area contributed by atoms with Gasteiger partial charge in [-0.1, -0.05) is 46.3 Å². The van der Waals surface area contributed by atoms with Crippen LogP contribution < -0.4 is 0 Å². The smallest absolute Gasteiger partial charge is 0.186 e. The summed E-state index contributed by atoms with van der Waals surface area (Å²) < 4.78 is 12.2. The minimum atomic E-state index is -1.47. The molecule has 0 radical (unpaired) electrons. The summed E-state index contributed by atoms with van der Waals surface area (Å²) in [6, 6.07) is 0. The molecule has 0 spiro atoms. The summed E-state index contributed by atoms with van der Waals surface area (Å²) >= 11 is 0. The van der Waals surface area contributed by atoms with Gasteiger partial charge in [0, 0.05) is 0 Å². The number of rotatable bonds is 7. The average molecular weight is 623 g/mol. The molecular weight excluding hydrogens is 560 g/mol. The van der Waals surface area contributed by atoms with E-state index in [9.17, 15) is 30.6 Å². The van der Waals surface area contributed by atoms with Gasteiger partial charge in [0.25, 0.3) is 0 Å². The van der Waals surface area contributed by atoms with Gasteiger partial charge >= 0.3 is 0 Å². The van der Waals surface area contributed by atoms with Gasteiger partial charge in [-0.2, -0.15) is 0 Å². The summed E-state index contributed by atoms with van der Waals surface area (Å²) in [5, 5.41) is 64.9. The van der Waals surface area contributed by atoms with Crippen LogP contribution in [0, 0.1) is 45.3 Å². The fraction of sp³-hybridized carbons (Fsp3) is 0.944. The number of hydrogen-bond acceptors (Lipinski definition) is 8. The lowest BCUT2D eigenvalue weighted by Gasteiger charge is -2.71. The van der Waals surface area contributed by atoms with Gasteiger partial charge in [-0.3, -0.25) is 0 Å². The van der Waals surface area contributed by atoms with Gasteiger partial charge in [-0.05, 0) is 124 Å². The average Bonchev–Trinajstić information content (AvgIpc) is 3.28. The Balaban J connectivity index is 1.38. The van der Waals surface area contributed by atoms with Crippen LogP contribution in [0.2, 0.25) is 0 Å². The molecule has 5 fully saturated rings. The maximum Gasteiger partial charge on any atom is 0.186 e. The molecule has 4 aliphatic carbocycles. The van der Waals surface area contributed by atoms with Crippen molar-refractivity contribution in [3.63, 3.8) is 0 Å². The Hall–Kier alpha value is -0.580. The second-order valence-electron chi connectivity index (χ2n) is 17.3. The number of aliphatic hydroxyl groups is 6. The molecule has 254 valence electrons. The quantitative estimate of drug-likeness (QED) is 0.182. The molecular formula is C36H62O8. The molecule has 6 N–H and O–H groups in total. The molecule has 0 aromatic rings. The highest BCUT2D eigenvalue weighted by Gasteiger charge is 2.71. The van der Waals surface area contributed by atoms with Crippen molar-refractivity contribution in [2.45, 2.75) is 162 Å². The molecule has 8 nitrogen and oxygen atoms in total. The molecule has 5 rings (SSSR count). The Morgan fingerprint density at radius 3 is 2.20 bits per heavy atom. The predicted molar refractivity (Wildman–Crippen MR) is 168 cm³/mol. The highest BCUT2D eigenvalue weighted by Crippen LogP contribution is 2.76. The van der Waals surface area contributed by atoms with Crippen molar-refractivity contribution in [3.8, 4) is 0 Å². The van der Waals surface area contributed by atoms with Crippen LogP contribution in [-0.2, 0) is 9.47 Å². The van der Waals surface area contributed by atoms with Crippen molar-refractivity contribution in [2.24, 2.45) is 45.3 Å². The molecule has 5 aliphatic rings. The third-order valence-electron chi connectivity index (χ3n) is 14.4. The third-order valence-corrected chi connectivity index (χ3v) is 14.4. The van der Waals surface area contributed by atoms with Crippen molar-refractivity contribution in [1.82, 2.24) is 0 Å². The van der Waals surface area contributed by atoms with E-state index in [0.29, 0.717) is 0 Å². The van der Waals surface area contributed by atoms with Gasteiger partial charge < -0.3 is 40.1 Å². The van der Waals surface area contributed by atoms with Crippen LogP contribution in [0.3, 0.4) is 0 Å². The van der Waals surface area contributed by atoms with Gasteiger partial charge in [-0.15, -0.1) is 0 Å². The summed E-state index contributed by atoms with van der Waals surface area (Å²) in [5.41, 5.74) is 0.0542. The Morgan fingerprint density at radius 2 is 1.57 bits per heavy atom. The monoisotopic (exact) mass is 622 g/mol. The van der Waals surface area contributed by atoms with E-state index in [4.69, 9.17) is 9.47 Å².